The Kier molecular flexibility index (Phi) is 7.19. The number of aliphatic hydroxyl groups excluding tert-OH is 1. The van der Waals surface area contributed by atoms with Crippen molar-refractivity contribution in [1.29, 1.82) is 0 Å². The van der Waals surface area contributed by atoms with Crippen molar-refractivity contribution < 1.29 is 24.2 Å². The number of ketones is 1. The third-order valence-corrected chi connectivity index (χ3v) is 6.84. The SMILES string of the molecule is COc1ccc(N2C(=O)C(=O)/C(=C(\O)c3ccc(OCc4ccccc4)c(C)c3)C2c2cccc(C)c2)cc1. The van der Waals surface area contributed by atoms with Gasteiger partial charge in [0.05, 0.1) is 18.7 Å². The predicted molar refractivity (Wildman–Crippen MR) is 151 cm³/mol. The Morgan fingerprint density at radius 2 is 1.62 bits per heavy atom. The van der Waals surface area contributed by atoms with Gasteiger partial charge in [0.25, 0.3) is 11.7 Å². The molecule has 1 heterocycles. The fourth-order valence-corrected chi connectivity index (χ4v) is 4.85. The summed E-state index contributed by atoms with van der Waals surface area (Å²) in [5.74, 6) is -0.366. The molecule has 0 spiro atoms. The van der Waals surface area contributed by atoms with Crippen LogP contribution in [0.15, 0.2) is 103 Å². The van der Waals surface area contributed by atoms with E-state index < -0.39 is 17.7 Å². The molecule has 6 nitrogen and oxygen atoms in total. The Bertz CT molecular complexity index is 1560. The second-order valence-electron chi connectivity index (χ2n) is 9.54. The average molecular weight is 520 g/mol. The zero-order valence-corrected chi connectivity index (χ0v) is 22.0. The maximum atomic E-state index is 13.4. The molecule has 1 atom stereocenters. The van der Waals surface area contributed by atoms with E-state index in [2.05, 4.69) is 0 Å². The Labute approximate surface area is 227 Å². The third kappa shape index (κ3) is 5.14. The molecule has 1 amide bonds. The fourth-order valence-electron chi connectivity index (χ4n) is 4.85. The smallest absolute Gasteiger partial charge is 0.300 e. The average Bonchev–Trinajstić information content (AvgIpc) is 3.22. The van der Waals surface area contributed by atoms with E-state index in [1.54, 1.807) is 49.6 Å². The minimum Gasteiger partial charge on any atom is -0.507 e. The highest BCUT2D eigenvalue weighted by Gasteiger charge is 2.47. The van der Waals surface area contributed by atoms with Crippen LogP contribution in [0.1, 0.15) is 33.9 Å². The first-order chi connectivity index (χ1) is 18.9. The van der Waals surface area contributed by atoms with Crippen molar-refractivity contribution in [1.82, 2.24) is 0 Å². The number of carbonyl (C=O) groups is 2. The fraction of sp³-hybridized carbons (Fsp3) is 0.152. The molecule has 196 valence electrons. The molecule has 0 saturated carbocycles. The van der Waals surface area contributed by atoms with E-state index in [-0.39, 0.29) is 11.3 Å². The molecule has 0 radical (unpaired) electrons. The number of hydrogen-bond acceptors (Lipinski definition) is 5. The van der Waals surface area contributed by atoms with Crippen molar-refractivity contribution in [3.8, 4) is 11.5 Å². The molecule has 39 heavy (non-hydrogen) atoms. The molecule has 1 N–H and O–H groups in total. The maximum absolute atomic E-state index is 13.4. The van der Waals surface area contributed by atoms with Gasteiger partial charge in [-0.2, -0.15) is 0 Å². The molecular weight excluding hydrogens is 490 g/mol. The van der Waals surface area contributed by atoms with Crippen LogP contribution in [0.5, 0.6) is 11.5 Å². The monoisotopic (exact) mass is 519 g/mol. The van der Waals surface area contributed by atoms with Crippen LogP contribution < -0.4 is 14.4 Å². The summed E-state index contributed by atoms with van der Waals surface area (Å²) in [5, 5.41) is 11.5. The largest absolute Gasteiger partial charge is 0.507 e. The van der Waals surface area contributed by atoms with Crippen molar-refractivity contribution >= 4 is 23.1 Å². The van der Waals surface area contributed by atoms with Gasteiger partial charge in [0.15, 0.2) is 0 Å². The number of hydrogen-bond donors (Lipinski definition) is 1. The van der Waals surface area contributed by atoms with Gasteiger partial charge in [-0.05, 0) is 73.0 Å². The van der Waals surface area contributed by atoms with Crippen molar-refractivity contribution in [3.05, 3.63) is 130 Å². The molecule has 0 aliphatic carbocycles. The summed E-state index contributed by atoms with van der Waals surface area (Å²) in [4.78, 5) is 28.3. The molecule has 5 rings (SSSR count). The first-order valence-corrected chi connectivity index (χ1v) is 12.7. The second-order valence-corrected chi connectivity index (χ2v) is 9.54. The number of ether oxygens (including phenoxy) is 2. The van der Waals surface area contributed by atoms with E-state index in [0.717, 1.165) is 22.3 Å². The van der Waals surface area contributed by atoms with Crippen LogP contribution in [0.3, 0.4) is 0 Å². The number of aliphatic hydroxyl groups is 1. The molecule has 1 unspecified atom stereocenters. The van der Waals surface area contributed by atoms with Gasteiger partial charge in [-0.25, -0.2) is 0 Å². The Morgan fingerprint density at radius 1 is 0.872 bits per heavy atom. The highest BCUT2D eigenvalue weighted by molar-refractivity contribution is 6.51. The van der Waals surface area contributed by atoms with Crippen molar-refractivity contribution in [2.45, 2.75) is 26.5 Å². The Morgan fingerprint density at radius 3 is 2.28 bits per heavy atom. The lowest BCUT2D eigenvalue weighted by Crippen LogP contribution is -2.29. The van der Waals surface area contributed by atoms with E-state index >= 15 is 0 Å². The quantitative estimate of drug-likeness (QED) is 0.171. The lowest BCUT2D eigenvalue weighted by atomic mass is 9.94. The predicted octanol–water partition coefficient (Wildman–Crippen LogP) is 6.52. The summed E-state index contributed by atoms with van der Waals surface area (Å²) in [6, 6.07) is 28.8. The van der Waals surface area contributed by atoms with Crippen LogP contribution in [-0.4, -0.2) is 23.9 Å². The molecule has 0 aromatic heterocycles. The topological polar surface area (TPSA) is 76.1 Å². The van der Waals surface area contributed by atoms with Crippen LogP contribution in [0.25, 0.3) is 5.76 Å². The molecule has 1 aliphatic rings. The summed E-state index contributed by atoms with van der Waals surface area (Å²) in [7, 11) is 1.56. The van der Waals surface area contributed by atoms with Gasteiger partial charge in [-0.3, -0.25) is 14.5 Å². The van der Waals surface area contributed by atoms with Gasteiger partial charge in [-0.1, -0.05) is 60.2 Å². The lowest BCUT2D eigenvalue weighted by molar-refractivity contribution is -0.132. The third-order valence-electron chi connectivity index (χ3n) is 6.84. The number of aryl methyl sites for hydroxylation is 2. The summed E-state index contributed by atoms with van der Waals surface area (Å²) < 4.78 is 11.2. The highest BCUT2D eigenvalue weighted by Crippen LogP contribution is 2.43. The number of amides is 1. The Balaban J connectivity index is 1.55. The van der Waals surface area contributed by atoms with Gasteiger partial charge in [0.2, 0.25) is 0 Å². The minimum atomic E-state index is -0.799. The summed E-state index contributed by atoms with van der Waals surface area (Å²) >= 11 is 0. The number of methoxy groups -OCH3 is 1. The van der Waals surface area contributed by atoms with Crippen LogP contribution in [-0.2, 0) is 16.2 Å². The molecule has 6 heteroatoms. The number of carbonyl (C=O) groups excluding carboxylic acids is 2. The number of rotatable bonds is 7. The zero-order chi connectivity index (χ0) is 27.5. The number of nitrogens with zero attached hydrogens (tertiary/aromatic N) is 1. The molecular formula is C33H29NO5. The summed E-state index contributed by atoms with van der Waals surface area (Å²) in [6.45, 7) is 4.24. The standard InChI is InChI=1S/C33H29NO5/c1-21-8-7-11-24(18-21)30-29(32(36)33(37)34(30)26-13-15-27(38-3)16-14-26)31(35)25-12-17-28(22(2)19-25)39-20-23-9-5-4-6-10-23/h4-19,30,35H,20H2,1-3H3/b31-29-. The van der Waals surface area contributed by atoms with E-state index in [1.165, 1.54) is 4.90 Å². The van der Waals surface area contributed by atoms with Crippen LogP contribution in [0.4, 0.5) is 5.69 Å². The molecule has 1 saturated heterocycles. The number of Topliss-reactive ketones (excluding diaryl/α,β-unsaturated/α-hetero) is 1. The molecule has 4 aromatic rings. The number of benzene rings is 4. The van der Waals surface area contributed by atoms with Crippen molar-refractivity contribution in [3.63, 3.8) is 0 Å². The summed E-state index contributed by atoms with van der Waals surface area (Å²) in [6.07, 6.45) is 0. The lowest BCUT2D eigenvalue weighted by Gasteiger charge is -2.26. The van der Waals surface area contributed by atoms with E-state index in [9.17, 15) is 14.7 Å². The van der Waals surface area contributed by atoms with Crippen LogP contribution >= 0.6 is 0 Å². The van der Waals surface area contributed by atoms with Crippen LogP contribution in [0.2, 0.25) is 0 Å². The molecule has 4 aromatic carbocycles. The zero-order valence-electron chi connectivity index (χ0n) is 22.0. The Hall–Kier alpha value is -4.84. The molecule has 1 aliphatic heterocycles. The minimum absolute atomic E-state index is 0.0405. The van der Waals surface area contributed by atoms with Gasteiger partial charge < -0.3 is 14.6 Å². The second kappa shape index (κ2) is 10.9. The maximum Gasteiger partial charge on any atom is 0.300 e. The summed E-state index contributed by atoms with van der Waals surface area (Å²) in [5.41, 5.74) is 4.55. The van der Waals surface area contributed by atoms with Crippen molar-refractivity contribution in [2.24, 2.45) is 0 Å². The first-order valence-electron chi connectivity index (χ1n) is 12.7. The first kappa shape index (κ1) is 25.8. The van der Waals surface area contributed by atoms with Crippen molar-refractivity contribution in [2.75, 3.05) is 12.0 Å². The van der Waals surface area contributed by atoms with E-state index in [4.69, 9.17) is 9.47 Å². The molecule has 1 fully saturated rings. The van der Waals surface area contributed by atoms with Gasteiger partial charge in [-0.15, -0.1) is 0 Å². The van der Waals surface area contributed by atoms with Crippen LogP contribution in [0, 0.1) is 13.8 Å². The molecule has 0 bridgehead atoms. The normalized spacial score (nSPS) is 16.4. The van der Waals surface area contributed by atoms with Gasteiger partial charge >= 0.3 is 0 Å². The van der Waals surface area contributed by atoms with Gasteiger partial charge in [0, 0.05) is 11.3 Å². The number of anilines is 1. The van der Waals surface area contributed by atoms with E-state index in [1.807, 2.05) is 68.4 Å². The van der Waals surface area contributed by atoms with E-state index in [0.29, 0.717) is 29.4 Å². The highest BCUT2D eigenvalue weighted by atomic mass is 16.5. The van der Waals surface area contributed by atoms with Gasteiger partial charge in [0.1, 0.15) is 23.9 Å².